The van der Waals surface area contributed by atoms with Gasteiger partial charge in [-0.2, -0.15) is 0 Å². The van der Waals surface area contributed by atoms with Gasteiger partial charge in [0.2, 0.25) is 5.91 Å². The Balaban J connectivity index is 2.23. The third-order valence-corrected chi connectivity index (χ3v) is 2.07. The van der Waals surface area contributed by atoms with Gasteiger partial charge in [0, 0.05) is 33.0 Å². The summed E-state index contributed by atoms with van der Waals surface area (Å²) >= 11 is 0. The molecule has 0 saturated carbocycles. The highest BCUT2D eigenvalue weighted by molar-refractivity contribution is 5.75. The van der Waals surface area contributed by atoms with E-state index in [1.807, 2.05) is 0 Å². The Labute approximate surface area is 94.8 Å². The molecule has 1 aromatic rings. The van der Waals surface area contributed by atoms with Crippen molar-refractivity contribution in [2.75, 3.05) is 20.3 Å². The highest BCUT2D eigenvalue weighted by Gasteiger charge is 2.02. The molecular formula is C10H18N4O2. The van der Waals surface area contributed by atoms with Crippen molar-refractivity contribution in [2.24, 2.45) is 5.73 Å². The average Bonchev–Trinajstić information content (AvgIpc) is 2.72. The average molecular weight is 226 g/mol. The van der Waals surface area contributed by atoms with Crippen LogP contribution in [-0.2, 0) is 22.6 Å². The molecule has 0 spiro atoms. The van der Waals surface area contributed by atoms with Gasteiger partial charge in [-0.05, 0) is 6.42 Å². The van der Waals surface area contributed by atoms with Crippen LogP contribution in [0, 0.1) is 0 Å². The maximum atomic E-state index is 11.4. The van der Waals surface area contributed by atoms with Crippen LogP contribution < -0.4 is 11.1 Å². The minimum atomic E-state index is -0.0305. The maximum absolute atomic E-state index is 11.4. The Morgan fingerprint density at radius 1 is 1.69 bits per heavy atom. The Morgan fingerprint density at radius 2 is 2.50 bits per heavy atom. The maximum Gasteiger partial charge on any atom is 0.239 e. The number of ether oxygens (including phenoxy) is 1. The van der Waals surface area contributed by atoms with E-state index in [0.717, 1.165) is 12.1 Å². The van der Waals surface area contributed by atoms with Crippen LogP contribution >= 0.6 is 0 Å². The Bertz CT molecular complexity index is 324. The molecule has 1 rings (SSSR count). The molecule has 0 saturated heterocycles. The summed E-state index contributed by atoms with van der Waals surface area (Å²) in [6, 6.07) is 0. The first-order valence-corrected chi connectivity index (χ1v) is 5.22. The second kappa shape index (κ2) is 6.97. The fourth-order valence-corrected chi connectivity index (χ4v) is 1.26. The minimum absolute atomic E-state index is 0.0305. The number of hydrogen-bond donors (Lipinski definition) is 2. The first-order valence-electron chi connectivity index (χ1n) is 5.22. The number of nitrogens with zero attached hydrogens (tertiary/aromatic N) is 2. The molecule has 3 N–H and O–H groups in total. The predicted octanol–water partition coefficient (Wildman–Crippen LogP) is -0.505. The molecule has 0 bridgehead atoms. The number of hydrogen-bond acceptors (Lipinski definition) is 4. The van der Waals surface area contributed by atoms with Crippen molar-refractivity contribution < 1.29 is 9.53 Å². The molecule has 0 aliphatic heterocycles. The van der Waals surface area contributed by atoms with Crippen LogP contribution in [0.25, 0.3) is 0 Å². The zero-order chi connectivity index (χ0) is 11.8. The van der Waals surface area contributed by atoms with Crippen molar-refractivity contribution in [3.05, 3.63) is 18.2 Å². The Hall–Kier alpha value is -1.40. The Kier molecular flexibility index (Phi) is 5.52. The monoisotopic (exact) mass is 226 g/mol. The largest absolute Gasteiger partial charge is 0.385 e. The second-order valence-corrected chi connectivity index (χ2v) is 3.44. The normalized spacial score (nSPS) is 10.4. The van der Waals surface area contributed by atoms with Crippen LogP contribution in [0.15, 0.2) is 12.5 Å². The van der Waals surface area contributed by atoms with Gasteiger partial charge in [-0.15, -0.1) is 0 Å². The summed E-state index contributed by atoms with van der Waals surface area (Å²) in [6.07, 6.45) is 4.20. The van der Waals surface area contributed by atoms with E-state index in [0.29, 0.717) is 19.7 Å². The van der Waals surface area contributed by atoms with Crippen LogP contribution in [0.1, 0.15) is 12.1 Å². The van der Waals surface area contributed by atoms with Gasteiger partial charge in [0.05, 0.1) is 12.0 Å². The number of nitrogens with two attached hydrogens (primary N) is 1. The number of methoxy groups -OCH3 is 1. The first-order chi connectivity index (χ1) is 7.76. The number of carbonyl (C=O) groups excluding carboxylic acids is 1. The van der Waals surface area contributed by atoms with Gasteiger partial charge >= 0.3 is 0 Å². The molecule has 0 fully saturated rings. The van der Waals surface area contributed by atoms with E-state index in [9.17, 15) is 4.79 Å². The highest BCUT2D eigenvalue weighted by atomic mass is 16.5. The summed E-state index contributed by atoms with van der Waals surface area (Å²) < 4.78 is 6.60. The summed E-state index contributed by atoms with van der Waals surface area (Å²) in [4.78, 5) is 15.5. The van der Waals surface area contributed by atoms with E-state index in [4.69, 9.17) is 10.5 Å². The number of rotatable bonds is 7. The van der Waals surface area contributed by atoms with Crippen molar-refractivity contribution in [3.63, 3.8) is 0 Å². The van der Waals surface area contributed by atoms with Gasteiger partial charge in [-0.25, -0.2) is 4.98 Å². The van der Waals surface area contributed by atoms with E-state index in [2.05, 4.69) is 10.3 Å². The standard InChI is InChI=1S/C10H18N4O2/c1-16-4-2-3-12-10(15)7-14-6-9(5-11)13-8-14/h6,8H,2-5,7,11H2,1H3,(H,12,15). The van der Waals surface area contributed by atoms with Crippen molar-refractivity contribution in [2.45, 2.75) is 19.5 Å². The third-order valence-electron chi connectivity index (χ3n) is 2.07. The molecule has 6 heteroatoms. The van der Waals surface area contributed by atoms with Gasteiger partial charge in [0.1, 0.15) is 6.54 Å². The molecule has 0 aliphatic carbocycles. The first kappa shape index (κ1) is 12.7. The lowest BCUT2D eigenvalue weighted by Crippen LogP contribution is -2.28. The molecule has 0 aromatic carbocycles. The third kappa shape index (κ3) is 4.41. The summed E-state index contributed by atoms with van der Waals surface area (Å²) in [5, 5.41) is 2.79. The van der Waals surface area contributed by atoms with E-state index >= 15 is 0 Å². The molecule has 0 radical (unpaired) electrons. The lowest BCUT2D eigenvalue weighted by Gasteiger charge is -2.04. The molecule has 0 atom stereocenters. The highest BCUT2D eigenvalue weighted by Crippen LogP contribution is 1.94. The van der Waals surface area contributed by atoms with Gasteiger partial charge in [0.25, 0.3) is 0 Å². The summed E-state index contributed by atoms with van der Waals surface area (Å²) in [7, 11) is 1.64. The summed E-state index contributed by atoms with van der Waals surface area (Å²) in [5.41, 5.74) is 6.20. The number of amides is 1. The number of aromatic nitrogens is 2. The zero-order valence-corrected chi connectivity index (χ0v) is 9.48. The summed E-state index contributed by atoms with van der Waals surface area (Å²) in [6.45, 7) is 1.95. The minimum Gasteiger partial charge on any atom is -0.385 e. The molecule has 16 heavy (non-hydrogen) atoms. The predicted molar refractivity (Wildman–Crippen MR) is 59.6 cm³/mol. The van der Waals surface area contributed by atoms with Crippen LogP contribution in [-0.4, -0.2) is 35.7 Å². The lowest BCUT2D eigenvalue weighted by atomic mass is 10.4. The van der Waals surface area contributed by atoms with E-state index in [-0.39, 0.29) is 12.5 Å². The van der Waals surface area contributed by atoms with Gasteiger partial charge < -0.3 is 20.4 Å². The van der Waals surface area contributed by atoms with Crippen LogP contribution in [0.4, 0.5) is 0 Å². The van der Waals surface area contributed by atoms with E-state index in [1.165, 1.54) is 0 Å². The van der Waals surface area contributed by atoms with Gasteiger partial charge in [0.15, 0.2) is 0 Å². The van der Waals surface area contributed by atoms with Crippen molar-refractivity contribution in [1.29, 1.82) is 0 Å². The molecule has 1 heterocycles. The number of carbonyl (C=O) groups is 1. The van der Waals surface area contributed by atoms with Crippen LogP contribution in [0.2, 0.25) is 0 Å². The molecule has 90 valence electrons. The number of nitrogens with one attached hydrogen (secondary N) is 1. The topological polar surface area (TPSA) is 82.2 Å². The van der Waals surface area contributed by atoms with E-state index < -0.39 is 0 Å². The second-order valence-electron chi connectivity index (χ2n) is 3.44. The molecule has 1 aromatic heterocycles. The van der Waals surface area contributed by atoms with Crippen molar-refractivity contribution >= 4 is 5.91 Å². The molecule has 0 unspecified atom stereocenters. The Morgan fingerprint density at radius 3 is 3.12 bits per heavy atom. The summed E-state index contributed by atoms with van der Waals surface area (Å²) in [5.74, 6) is -0.0305. The van der Waals surface area contributed by atoms with Gasteiger partial charge in [-0.3, -0.25) is 4.79 Å². The number of imidazole rings is 1. The van der Waals surface area contributed by atoms with Crippen molar-refractivity contribution in [3.8, 4) is 0 Å². The molecule has 6 nitrogen and oxygen atoms in total. The van der Waals surface area contributed by atoms with Crippen molar-refractivity contribution in [1.82, 2.24) is 14.9 Å². The van der Waals surface area contributed by atoms with Crippen LogP contribution in [0.5, 0.6) is 0 Å². The smallest absolute Gasteiger partial charge is 0.239 e. The lowest BCUT2D eigenvalue weighted by molar-refractivity contribution is -0.121. The quantitative estimate of drug-likeness (QED) is 0.614. The molecule has 0 aliphatic rings. The fraction of sp³-hybridized carbons (Fsp3) is 0.600. The zero-order valence-electron chi connectivity index (χ0n) is 9.48. The molecular weight excluding hydrogens is 208 g/mol. The SMILES string of the molecule is COCCCNC(=O)Cn1cnc(CN)c1. The molecule has 1 amide bonds. The van der Waals surface area contributed by atoms with E-state index in [1.54, 1.807) is 24.2 Å². The fourth-order valence-electron chi connectivity index (χ4n) is 1.26. The van der Waals surface area contributed by atoms with Crippen LogP contribution in [0.3, 0.4) is 0 Å². The van der Waals surface area contributed by atoms with Gasteiger partial charge in [-0.1, -0.05) is 0 Å².